The van der Waals surface area contributed by atoms with E-state index >= 15 is 0 Å². The second kappa shape index (κ2) is 6.08. The van der Waals surface area contributed by atoms with Gasteiger partial charge in [-0.25, -0.2) is 13.8 Å². The minimum Gasteiger partial charge on any atom is -0.436 e. The third-order valence-electron chi connectivity index (χ3n) is 2.36. The van der Waals surface area contributed by atoms with Crippen LogP contribution in [-0.2, 0) is 6.54 Å². The van der Waals surface area contributed by atoms with Crippen molar-refractivity contribution in [1.29, 1.82) is 0 Å². The Morgan fingerprint density at radius 2 is 2.11 bits per heavy atom. The molecule has 1 heterocycles. The van der Waals surface area contributed by atoms with Crippen molar-refractivity contribution in [1.82, 2.24) is 10.3 Å². The minimum atomic E-state index is -0.518. The Morgan fingerprint density at radius 3 is 2.79 bits per heavy atom. The quantitative estimate of drug-likeness (QED) is 0.930. The smallest absolute Gasteiger partial charge is 0.224 e. The predicted molar refractivity (Wildman–Crippen MR) is 71.1 cm³/mol. The Hall–Kier alpha value is -1.53. The van der Waals surface area contributed by atoms with Gasteiger partial charge in [0.15, 0.2) is 11.6 Å². The van der Waals surface area contributed by atoms with Crippen LogP contribution in [0.3, 0.4) is 0 Å². The number of hydrogen-bond donors (Lipinski definition) is 1. The van der Waals surface area contributed by atoms with E-state index in [2.05, 4.69) is 26.2 Å². The van der Waals surface area contributed by atoms with Gasteiger partial charge in [0.05, 0.1) is 6.20 Å². The Bertz CT molecular complexity index is 593. The van der Waals surface area contributed by atoms with Crippen LogP contribution in [0.1, 0.15) is 5.56 Å². The van der Waals surface area contributed by atoms with Crippen LogP contribution in [0.4, 0.5) is 8.78 Å². The third-order valence-corrected chi connectivity index (χ3v) is 2.85. The first-order chi connectivity index (χ1) is 9.10. The van der Waals surface area contributed by atoms with E-state index in [0.717, 1.165) is 6.20 Å². The molecule has 0 aliphatic heterocycles. The van der Waals surface area contributed by atoms with Crippen LogP contribution in [-0.4, -0.2) is 12.0 Å². The molecule has 0 saturated carbocycles. The number of hydrogen-bond acceptors (Lipinski definition) is 3. The lowest BCUT2D eigenvalue weighted by Crippen LogP contribution is -2.08. The van der Waals surface area contributed by atoms with E-state index in [4.69, 9.17) is 4.74 Å². The largest absolute Gasteiger partial charge is 0.436 e. The first-order valence-corrected chi connectivity index (χ1v) is 6.31. The second-order valence-corrected chi connectivity index (χ2v) is 4.74. The van der Waals surface area contributed by atoms with Gasteiger partial charge in [0.1, 0.15) is 5.82 Å². The van der Waals surface area contributed by atoms with Gasteiger partial charge in [0.25, 0.3) is 0 Å². The van der Waals surface area contributed by atoms with Crippen molar-refractivity contribution in [3.8, 4) is 11.6 Å². The molecule has 2 aromatic rings. The molecule has 1 aromatic heterocycles. The fraction of sp³-hybridized carbons (Fsp3) is 0.154. The van der Waals surface area contributed by atoms with Crippen molar-refractivity contribution in [2.24, 2.45) is 0 Å². The van der Waals surface area contributed by atoms with E-state index in [1.165, 1.54) is 18.2 Å². The fourth-order valence-electron chi connectivity index (χ4n) is 1.54. The summed E-state index contributed by atoms with van der Waals surface area (Å²) < 4.78 is 32.8. The van der Waals surface area contributed by atoms with E-state index < -0.39 is 11.6 Å². The van der Waals surface area contributed by atoms with Gasteiger partial charge in [0.2, 0.25) is 5.88 Å². The molecule has 0 fully saturated rings. The highest BCUT2D eigenvalue weighted by atomic mass is 79.9. The average molecular weight is 329 g/mol. The number of ether oxygens (including phenoxy) is 1. The number of halogens is 3. The molecule has 0 saturated heterocycles. The van der Waals surface area contributed by atoms with Crippen LogP contribution in [0, 0.1) is 11.6 Å². The van der Waals surface area contributed by atoms with Crippen LogP contribution >= 0.6 is 15.9 Å². The Balaban J connectivity index is 2.32. The molecule has 1 N–H and O–H groups in total. The van der Waals surface area contributed by atoms with Crippen LogP contribution in [0.2, 0.25) is 0 Å². The fourth-order valence-corrected chi connectivity index (χ4v) is 1.87. The molecule has 100 valence electrons. The van der Waals surface area contributed by atoms with Gasteiger partial charge in [-0.1, -0.05) is 15.9 Å². The highest BCUT2D eigenvalue weighted by Crippen LogP contribution is 2.27. The van der Waals surface area contributed by atoms with E-state index in [0.29, 0.717) is 16.6 Å². The van der Waals surface area contributed by atoms with E-state index in [-0.39, 0.29) is 11.6 Å². The topological polar surface area (TPSA) is 34.2 Å². The molecular formula is C13H11BrF2N2O. The molecule has 0 atom stereocenters. The number of nitrogens with one attached hydrogen (secondary N) is 1. The number of rotatable bonds is 4. The summed E-state index contributed by atoms with van der Waals surface area (Å²) in [5, 5.41) is 2.87. The Kier molecular flexibility index (Phi) is 4.44. The number of aromatic nitrogens is 1. The average Bonchev–Trinajstić information content (AvgIpc) is 2.36. The zero-order valence-corrected chi connectivity index (χ0v) is 11.7. The van der Waals surface area contributed by atoms with Crippen molar-refractivity contribution in [2.45, 2.75) is 6.54 Å². The summed E-state index contributed by atoms with van der Waals surface area (Å²) in [7, 11) is 1.72. The third kappa shape index (κ3) is 3.48. The molecule has 6 heteroatoms. The maximum Gasteiger partial charge on any atom is 0.224 e. The molecule has 0 aliphatic rings. The van der Waals surface area contributed by atoms with Crippen LogP contribution in [0.5, 0.6) is 11.6 Å². The number of pyridine rings is 1. The summed E-state index contributed by atoms with van der Waals surface area (Å²) in [4.78, 5) is 3.84. The summed E-state index contributed by atoms with van der Waals surface area (Å²) in [6, 6.07) is 5.72. The highest BCUT2D eigenvalue weighted by Gasteiger charge is 2.11. The van der Waals surface area contributed by atoms with Crippen LogP contribution in [0.15, 0.2) is 34.9 Å². The van der Waals surface area contributed by atoms with Gasteiger partial charge < -0.3 is 10.1 Å². The molecule has 1 aromatic carbocycles. The maximum absolute atomic E-state index is 13.7. The van der Waals surface area contributed by atoms with E-state index in [9.17, 15) is 8.78 Å². The summed E-state index contributed by atoms with van der Waals surface area (Å²) >= 11 is 3.16. The summed E-state index contributed by atoms with van der Waals surface area (Å²) in [5.74, 6) is -0.763. The zero-order valence-electron chi connectivity index (χ0n) is 10.1. The molecule has 19 heavy (non-hydrogen) atoms. The lowest BCUT2D eigenvalue weighted by atomic mass is 10.2. The molecular weight excluding hydrogens is 318 g/mol. The van der Waals surface area contributed by atoms with Crippen molar-refractivity contribution in [3.63, 3.8) is 0 Å². The molecule has 0 spiro atoms. The van der Waals surface area contributed by atoms with Gasteiger partial charge in [-0.3, -0.25) is 0 Å². The normalized spacial score (nSPS) is 10.5. The SMILES string of the molecule is CNCc1cc(F)cnc1Oc1ccc(Br)cc1F. The lowest BCUT2D eigenvalue weighted by molar-refractivity contribution is 0.418. The van der Waals surface area contributed by atoms with Crippen LogP contribution < -0.4 is 10.1 Å². The predicted octanol–water partition coefficient (Wildman–Crippen LogP) is 3.63. The summed E-state index contributed by atoms with van der Waals surface area (Å²) in [5.41, 5.74) is 0.518. The summed E-state index contributed by atoms with van der Waals surface area (Å²) in [6.45, 7) is 0.373. The molecule has 0 radical (unpaired) electrons. The maximum atomic E-state index is 13.7. The molecule has 0 amide bonds. The zero-order chi connectivity index (χ0) is 13.8. The molecule has 3 nitrogen and oxygen atoms in total. The van der Waals surface area contributed by atoms with Crippen LogP contribution in [0.25, 0.3) is 0 Å². The molecule has 0 bridgehead atoms. The first-order valence-electron chi connectivity index (χ1n) is 5.52. The Morgan fingerprint density at radius 1 is 1.32 bits per heavy atom. The van der Waals surface area contributed by atoms with Crippen molar-refractivity contribution in [3.05, 3.63) is 52.1 Å². The monoisotopic (exact) mass is 328 g/mol. The van der Waals surface area contributed by atoms with Crippen molar-refractivity contribution < 1.29 is 13.5 Å². The number of benzene rings is 1. The van der Waals surface area contributed by atoms with Gasteiger partial charge >= 0.3 is 0 Å². The molecule has 0 unspecified atom stereocenters. The second-order valence-electron chi connectivity index (χ2n) is 3.82. The van der Waals surface area contributed by atoms with Gasteiger partial charge in [-0.05, 0) is 31.3 Å². The minimum absolute atomic E-state index is 0.0414. The van der Waals surface area contributed by atoms with Crippen molar-refractivity contribution in [2.75, 3.05) is 7.05 Å². The summed E-state index contributed by atoms with van der Waals surface area (Å²) in [6.07, 6.45) is 1.03. The standard InChI is InChI=1S/C13H11BrF2N2O/c1-17-6-8-4-10(15)7-18-13(8)19-12-3-2-9(14)5-11(12)16/h2-5,7,17H,6H2,1H3. The lowest BCUT2D eigenvalue weighted by Gasteiger charge is -2.10. The van der Waals surface area contributed by atoms with E-state index in [1.807, 2.05) is 0 Å². The highest BCUT2D eigenvalue weighted by molar-refractivity contribution is 9.10. The first kappa shape index (κ1) is 13.9. The number of nitrogens with zero attached hydrogens (tertiary/aromatic N) is 1. The Labute approximate surface area is 117 Å². The van der Waals surface area contributed by atoms with Gasteiger partial charge in [0, 0.05) is 16.6 Å². The van der Waals surface area contributed by atoms with Gasteiger partial charge in [-0.15, -0.1) is 0 Å². The molecule has 0 aliphatic carbocycles. The molecule has 2 rings (SSSR count). The van der Waals surface area contributed by atoms with Gasteiger partial charge in [-0.2, -0.15) is 0 Å². The van der Waals surface area contributed by atoms with E-state index in [1.54, 1.807) is 13.1 Å². The van der Waals surface area contributed by atoms with Crippen molar-refractivity contribution >= 4 is 15.9 Å².